The van der Waals surface area contributed by atoms with Gasteiger partial charge < -0.3 is 9.72 Å². The molecule has 0 bridgehead atoms. The van der Waals surface area contributed by atoms with E-state index in [9.17, 15) is 0 Å². The molecule has 1 aliphatic heterocycles. The van der Waals surface area contributed by atoms with Crippen molar-refractivity contribution < 1.29 is 4.74 Å². The van der Waals surface area contributed by atoms with Crippen LogP contribution in [0.5, 0.6) is 0 Å². The van der Waals surface area contributed by atoms with Gasteiger partial charge in [0.1, 0.15) is 0 Å². The van der Waals surface area contributed by atoms with Gasteiger partial charge in [0.2, 0.25) is 0 Å². The van der Waals surface area contributed by atoms with E-state index in [1.54, 1.807) is 11.8 Å². The van der Waals surface area contributed by atoms with E-state index in [4.69, 9.17) is 9.72 Å². The van der Waals surface area contributed by atoms with Crippen molar-refractivity contribution in [2.24, 2.45) is 5.92 Å². The highest BCUT2D eigenvalue weighted by Gasteiger charge is 2.24. The van der Waals surface area contributed by atoms with Gasteiger partial charge in [-0.05, 0) is 67.8 Å². The van der Waals surface area contributed by atoms with Crippen molar-refractivity contribution in [3.05, 3.63) is 66.2 Å². The maximum atomic E-state index is 5.55. The molecule has 0 spiro atoms. The highest BCUT2D eigenvalue weighted by atomic mass is 32.2. The Morgan fingerprint density at radius 1 is 1.11 bits per heavy atom. The molecule has 1 aliphatic rings. The van der Waals surface area contributed by atoms with Crippen molar-refractivity contribution in [2.75, 3.05) is 19.5 Å². The van der Waals surface area contributed by atoms with Gasteiger partial charge in [-0.15, -0.1) is 11.8 Å². The largest absolute Gasteiger partial charge is 0.381 e. The molecule has 1 N–H and O–H groups in total. The lowest BCUT2D eigenvalue weighted by Gasteiger charge is -2.26. The third-order valence-electron chi connectivity index (χ3n) is 5.29. The van der Waals surface area contributed by atoms with Gasteiger partial charge >= 0.3 is 0 Å². The van der Waals surface area contributed by atoms with E-state index >= 15 is 0 Å². The smallest absolute Gasteiger partial charge is 0.0864 e. The average Bonchev–Trinajstić information content (AvgIpc) is 3.23. The summed E-state index contributed by atoms with van der Waals surface area (Å²) in [5, 5.41) is 0. The van der Waals surface area contributed by atoms with Crippen LogP contribution in [0.25, 0.3) is 11.4 Å². The molecule has 5 heteroatoms. The van der Waals surface area contributed by atoms with Crippen LogP contribution >= 0.6 is 11.8 Å². The summed E-state index contributed by atoms with van der Waals surface area (Å²) in [4.78, 5) is 14.1. The Balaban J connectivity index is 1.63. The zero-order valence-electron chi connectivity index (χ0n) is 15.6. The molecule has 4 nitrogen and oxygen atoms in total. The Kier molecular flexibility index (Phi) is 5.90. The predicted octanol–water partition coefficient (Wildman–Crippen LogP) is 5.14. The minimum Gasteiger partial charge on any atom is -0.381 e. The number of aromatic amines is 1. The second-order valence-electron chi connectivity index (χ2n) is 7.01. The molecule has 0 amide bonds. The van der Waals surface area contributed by atoms with Crippen molar-refractivity contribution in [2.45, 2.75) is 30.1 Å². The quantitative estimate of drug-likeness (QED) is 0.602. The fourth-order valence-corrected chi connectivity index (χ4v) is 4.09. The highest BCUT2D eigenvalue weighted by molar-refractivity contribution is 7.98. The first-order chi connectivity index (χ1) is 13.3. The number of H-pyrrole nitrogens is 1. The SMILES string of the molecule is CSc1ccc(C(CC2CCOCC2)c2ccc(-c3ccccn3)[nH]2)nc1. The molecule has 0 aliphatic carbocycles. The Hall–Kier alpha value is -2.11. The molecule has 3 aromatic heterocycles. The maximum Gasteiger partial charge on any atom is 0.0864 e. The van der Waals surface area contributed by atoms with Crippen LogP contribution in [0.1, 0.15) is 36.6 Å². The summed E-state index contributed by atoms with van der Waals surface area (Å²) in [6, 6.07) is 14.7. The fraction of sp³-hybridized carbons (Fsp3) is 0.364. The van der Waals surface area contributed by atoms with E-state index in [0.717, 1.165) is 49.6 Å². The molecule has 0 saturated carbocycles. The zero-order chi connectivity index (χ0) is 18.5. The van der Waals surface area contributed by atoms with Crippen molar-refractivity contribution in [3.63, 3.8) is 0 Å². The maximum absolute atomic E-state index is 5.55. The first kappa shape index (κ1) is 18.3. The van der Waals surface area contributed by atoms with Crippen molar-refractivity contribution in [3.8, 4) is 11.4 Å². The van der Waals surface area contributed by atoms with Crippen LogP contribution in [-0.2, 0) is 4.74 Å². The van der Waals surface area contributed by atoms with Crippen LogP contribution in [0.15, 0.2) is 59.8 Å². The number of hydrogen-bond donors (Lipinski definition) is 1. The van der Waals surface area contributed by atoms with Crippen LogP contribution in [0.3, 0.4) is 0 Å². The molecular formula is C22H25N3OS. The third kappa shape index (κ3) is 4.42. The Morgan fingerprint density at radius 2 is 2.00 bits per heavy atom. The first-order valence-corrected chi connectivity index (χ1v) is 10.7. The van der Waals surface area contributed by atoms with Crippen LogP contribution in [-0.4, -0.2) is 34.4 Å². The number of nitrogens with one attached hydrogen (secondary N) is 1. The second kappa shape index (κ2) is 8.72. The van der Waals surface area contributed by atoms with Crippen LogP contribution in [0.4, 0.5) is 0 Å². The summed E-state index contributed by atoms with van der Waals surface area (Å²) in [6.07, 6.45) is 9.26. The van der Waals surface area contributed by atoms with E-state index in [-0.39, 0.29) is 5.92 Å². The lowest BCUT2D eigenvalue weighted by molar-refractivity contribution is 0.0625. The van der Waals surface area contributed by atoms with Gasteiger partial charge in [0.25, 0.3) is 0 Å². The van der Waals surface area contributed by atoms with Gasteiger partial charge in [0, 0.05) is 47.8 Å². The van der Waals surface area contributed by atoms with E-state index in [0.29, 0.717) is 5.92 Å². The molecule has 140 valence electrons. The van der Waals surface area contributed by atoms with Crippen LogP contribution in [0, 0.1) is 5.92 Å². The molecular weight excluding hydrogens is 354 g/mol. The molecule has 1 fully saturated rings. The second-order valence-corrected chi connectivity index (χ2v) is 7.89. The number of nitrogens with zero attached hydrogens (tertiary/aromatic N) is 2. The van der Waals surface area contributed by atoms with E-state index in [1.807, 2.05) is 30.6 Å². The van der Waals surface area contributed by atoms with Gasteiger partial charge in [-0.25, -0.2) is 0 Å². The van der Waals surface area contributed by atoms with Gasteiger partial charge in [-0.2, -0.15) is 0 Å². The molecule has 1 saturated heterocycles. The van der Waals surface area contributed by atoms with Gasteiger partial charge in [-0.3, -0.25) is 9.97 Å². The lowest BCUT2D eigenvalue weighted by atomic mass is 9.85. The van der Waals surface area contributed by atoms with Crippen molar-refractivity contribution in [1.82, 2.24) is 15.0 Å². The van der Waals surface area contributed by atoms with Gasteiger partial charge in [0.15, 0.2) is 0 Å². The minimum absolute atomic E-state index is 0.265. The molecule has 27 heavy (non-hydrogen) atoms. The van der Waals surface area contributed by atoms with E-state index < -0.39 is 0 Å². The number of pyridine rings is 2. The molecule has 1 unspecified atom stereocenters. The fourth-order valence-electron chi connectivity index (χ4n) is 3.73. The number of ether oxygens (including phenoxy) is 1. The molecule has 1 atom stereocenters. The van der Waals surface area contributed by atoms with Crippen molar-refractivity contribution >= 4 is 11.8 Å². The molecule has 3 aromatic rings. The summed E-state index contributed by atoms with van der Waals surface area (Å²) in [5.74, 6) is 0.939. The molecule has 0 aromatic carbocycles. The highest BCUT2D eigenvalue weighted by Crippen LogP contribution is 2.34. The summed E-state index contributed by atoms with van der Waals surface area (Å²) < 4.78 is 5.55. The Morgan fingerprint density at radius 3 is 2.70 bits per heavy atom. The van der Waals surface area contributed by atoms with E-state index in [1.165, 1.54) is 10.6 Å². The zero-order valence-corrected chi connectivity index (χ0v) is 16.4. The van der Waals surface area contributed by atoms with Crippen LogP contribution < -0.4 is 0 Å². The number of thioether (sulfide) groups is 1. The summed E-state index contributed by atoms with van der Waals surface area (Å²) in [6.45, 7) is 1.75. The minimum atomic E-state index is 0.265. The lowest BCUT2D eigenvalue weighted by Crippen LogP contribution is -2.19. The summed E-state index contributed by atoms with van der Waals surface area (Å²) in [5.41, 5.74) is 4.38. The van der Waals surface area contributed by atoms with Crippen molar-refractivity contribution in [1.29, 1.82) is 0 Å². The number of rotatable bonds is 6. The topological polar surface area (TPSA) is 50.8 Å². The standard InChI is InChI=1S/C22H25N3OS/c1-27-17-5-6-19(24-15-17)18(14-16-9-12-26-13-10-16)20-7-8-22(25-20)21-4-2-3-11-23-21/h2-8,11,15-16,18,25H,9-10,12-14H2,1H3. The molecule has 4 rings (SSSR count). The Bertz CT molecular complexity index is 842. The predicted molar refractivity (Wildman–Crippen MR) is 110 cm³/mol. The molecule has 0 radical (unpaired) electrons. The number of aromatic nitrogens is 3. The monoisotopic (exact) mass is 379 g/mol. The normalized spacial score (nSPS) is 16.3. The van der Waals surface area contributed by atoms with Gasteiger partial charge in [-0.1, -0.05) is 6.07 Å². The van der Waals surface area contributed by atoms with Crippen LogP contribution in [0.2, 0.25) is 0 Å². The van der Waals surface area contributed by atoms with Gasteiger partial charge in [0.05, 0.1) is 11.4 Å². The third-order valence-corrected chi connectivity index (χ3v) is 6.00. The summed E-state index contributed by atoms with van der Waals surface area (Å²) >= 11 is 1.73. The number of hydrogen-bond acceptors (Lipinski definition) is 4. The Labute approximate surface area is 164 Å². The first-order valence-electron chi connectivity index (χ1n) is 9.51. The average molecular weight is 380 g/mol. The molecule has 4 heterocycles. The summed E-state index contributed by atoms with van der Waals surface area (Å²) in [7, 11) is 0. The van der Waals surface area contributed by atoms with E-state index in [2.05, 4.69) is 40.5 Å².